The normalized spacial score (nSPS) is 15.2. The van der Waals surface area contributed by atoms with Crippen molar-refractivity contribution in [3.63, 3.8) is 0 Å². The van der Waals surface area contributed by atoms with E-state index >= 15 is 0 Å². The first-order chi connectivity index (χ1) is 16.0. The second kappa shape index (κ2) is 8.43. The quantitative estimate of drug-likeness (QED) is 0.485. The molecule has 1 aliphatic heterocycles. The minimum Gasteiger partial charge on any atom is -0.477 e. The molecule has 166 valence electrons. The molecule has 0 saturated heterocycles. The number of halogens is 1. The molecule has 0 radical (unpaired) electrons. The molecule has 1 aliphatic rings. The molecule has 0 fully saturated rings. The van der Waals surface area contributed by atoms with Gasteiger partial charge in [0.15, 0.2) is 6.10 Å². The number of aryl methyl sites for hydroxylation is 1. The number of carbonyl (C=O) groups excluding carboxylic acids is 2. The molecule has 0 aliphatic carbocycles. The molecule has 1 atom stereocenters. The number of rotatable bonds is 5. The summed E-state index contributed by atoms with van der Waals surface area (Å²) < 4.78 is 19.1. The molecule has 4 aromatic rings. The topological polar surface area (TPSA) is 88.4 Å². The predicted molar refractivity (Wildman–Crippen MR) is 124 cm³/mol. The van der Waals surface area contributed by atoms with Crippen LogP contribution in [-0.2, 0) is 16.0 Å². The lowest BCUT2D eigenvalue weighted by Gasteiger charge is -2.33. The number of fused-ring (bicyclic) bond motifs is 2. The molecular weight excluding hydrogens is 421 g/mol. The number of aromatic amines is 1. The highest BCUT2D eigenvalue weighted by molar-refractivity contribution is 5.98. The van der Waals surface area contributed by atoms with Crippen molar-refractivity contribution in [2.75, 3.05) is 11.4 Å². The van der Waals surface area contributed by atoms with Crippen LogP contribution in [0, 0.1) is 5.82 Å². The molecule has 5 rings (SSSR count). The summed E-state index contributed by atoms with van der Waals surface area (Å²) in [4.78, 5) is 30.1. The first-order valence-electron chi connectivity index (χ1n) is 10.7. The molecule has 0 bridgehead atoms. The monoisotopic (exact) mass is 443 g/mol. The van der Waals surface area contributed by atoms with Crippen LogP contribution in [0.25, 0.3) is 22.2 Å². The number of primary amides is 1. The molecule has 0 saturated carbocycles. The number of H-pyrrole nitrogens is 1. The molecule has 7 heteroatoms. The fourth-order valence-corrected chi connectivity index (χ4v) is 4.31. The number of aromatic nitrogens is 1. The summed E-state index contributed by atoms with van der Waals surface area (Å²) in [6.07, 6.45) is -0.210. The van der Waals surface area contributed by atoms with Gasteiger partial charge in [0.1, 0.15) is 11.6 Å². The van der Waals surface area contributed by atoms with Crippen molar-refractivity contribution in [3.8, 4) is 17.0 Å². The average Bonchev–Trinajstić information content (AvgIpc) is 3.20. The third-order valence-electron chi connectivity index (χ3n) is 5.93. The number of carbonyl (C=O) groups is 2. The third kappa shape index (κ3) is 3.93. The summed E-state index contributed by atoms with van der Waals surface area (Å²) in [5, 5.41) is 1.02. The fourth-order valence-electron chi connectivity index (χ4n) is 4.31. The Labute approximate surface area is 189 Å². The van der Waals surface area contributed by atoms with E-state index in [1.165, 1.54) is 12.1 Å². The minimum atomic E-state index is -0.897. The zero-order valence-corrected chi connectivity index (χ0v) is 17.8. The van der Waals surface area contributed by atoms with Crippen LogP contribution in [0.1, 0.15) is 12.0 Å². The Kier molecular flexibility index (Phi) is 5.30. The van der Waals surface area contributed by atoms with Crippen molar-refractivity contribution < 1.29 is 18.7 Å². The van der Waals surface area contributed by atoms with Crippen LogP contribution in [0.5, 0.6) is 5.75 Å². The van der Waals surface area contributed by atoms with Crippen LogP contribution in [0.15, 0.2) is 72.8 Å². The molecular formula is C26H22FN3O3. The van der Waals surface area contributed by atoms with Gasteiger partial charge in [-0.2, -0.15) is 0 Å². The van der Waals surface area contributed by atoms with Crippen LogP contribution in [-0.4, -0.2) is 29.4 Å². The lowest BCUT2D eigenvalue weighted by molar-refractivity contribution is -0.125. The first-order valence-corrected chi connectivity index (χ1v) is 10.7. The number of amides is 2. The van der Waals surface area contributed by atoms with E-state index in [0.717, 1.165) is 27.7 Å². The van der Waals surface area contributed by atoms with E-state index in [4.69, 9.17) is 10.5 Å². The SMILES string of the molecule is NC(=O)[C@@H]1CN(C(=O)CCc2c(-c3ccc(F)cc3)[nH]c3ccccc23)c2ccccc2O1. The van der Waals surface area contributed by atoms with Gasteiger partial charge in [-0.25, -0.2) is 4.39 Å². The van der Waals surface area contributed by atoms with E-state index in [1.807, 2.05) is 30.3 Å². The van der Waals surface area contributed by atoms with Crippen molar-refractivity contribution in [2.45, 2.75) is 18.9 Å². The van der Waals surface area contributed by atoms with E-state index in [1.54, 1.807) is 35.2 Å². The highest BCUT2D eigenvalue weighted by atomic mass is 19.1. The van der Waals surface area contributed by atoms with Crippen LogP contribution in [0.4, 0.5) is 10.1 Å². The highest BCUT2D eigenvalue weighted by Crippen LogP contribution is 2.35. The van der Waals surface area contributed by atoms with E-state index in [9.17, 15) is 14.0 Å². The van der Waals surface area contributed by atoms with Gasteiger partial charge in [-0.05, 0) is 60.0 Å². The standard InChI is InChI=1S/C26H22FN3O3/c27-17-11-9-16(10-12-17)25-19(18-5-1-2-6-20(18)29-25)13-14-24(31)30-15-23(26(28)32)33-22-8-4-3-7-21(22)30/h1-12,23,29H,13-15H2,(H2,28,32)/t23-/m0/s1. The van der Waals surface area contributed by atoms with E-state index in [-0.39, 0.29) is 24.7 Å². The number of anilines is 1. The van der Waals surface area contributed by atoms with E-state index in [2.05, 4.69) is 4.98 Å². The number of hydrogen-bond acceptors (Lipinski definition) is 3. The van der Waals surface area contributed by atoms with Crippen LogP contribution in [0.3, 0.4) is 0 Å². The van der Waals surface area contributed by atoms with Gasteiger partial charge in [-0.1, -0.05) is 30.3 Å². The Bertz CT molecular complexity index is 1350. The molecule has 3 N–H and O–H groups in total. The van der Waals surface area contributed by atoms with Crippen LogP contribution < -0.4 is 15.4 Å². The van der Waals surface area contributed by atoms with Gasteiger partial charge in [-0.3, -0.25) is 9.59 Å². The summed E-state index contributed by atoms with van der Waals surface area (Å²) in [5.74, 6) is -0.591. The summed E-state index contributed by atoms with van der Waals surface area (Å²) >= 11 is 0. The van der Waals surface area contributed by atoms with Gasteiger partial charge in [0.2, 0.25) is 5.91 Å². The summed E-state index contributed by atoms with van der Waals surface area (Å²) in [6, 6.07) is 21.3. The van der Waals surface area contributed by atoms with E-state index in [0.29, 0.717) is 17.9 Å². The fraction of sp³-hybridized carbons (Fsp3) is 0.154. The number of ether oxygens (including phenoxy) is 1. The Balaban J connectivity index is 1.45. The number of nitrogens with zero attached hydrogens (tertiary/aromatic N) is 1. The molecule has 2 amide bonds. The summed E-state index contributed by atoms with van der Waals surface area (Å²) in [5.41, 5.74) is 9.73. The lowest BCUT2D eigenvalue weighted by Crippen LogP contribution is -2.49. The van der Waals surface area contributed by atoms with Gasteiger partial charge in [0.25, 0.3) is 5.91 Å². The maximum Gasteiger partial charge on any atom is 0.260 e. The number of para-hydroxylation sites is 3. The summed E-state index contributed by atoms with van der Waals surface area (Å²) in [7, 11) is 0. The molecule has 1 aromatic heterocycles. The van der Waals surface area contributed by atoms with Crippen LogP contribution in [0.2, 0.25) is 0 Å². The first kappa shape index (κ1) is 20.8. The second-order valence-electron chi connectivity index (χ2n) is 8.01. The number of nitrogens with two attached hydrogens (primary N) is 1. The van der Waals surface area contributed by atoms with Gasteiger partial charge < -0.3 is 20.4 Å². The molecule has 6 nitrogen and oxygen atoms in total. The Morgan fingerprint density at radius 1 is 1.03 bits per heavy atom. The van der Waals surface area contributed by atoms with E-state index < -0.39 is 12.0 Å². The Morgan fingerprint density at radius 2 is 1.76 bits per heavy atom. The zero-order valence-electron chi connectivity index (χ0n) is 17.8. The number of hydrogen-bond donors (Lipinski definition) is 2. The molecule has 3 aromatic carbocycles. The maximum absolute atomic E-state index is 13.5. The Morgan fingerprint density at radius 3 is 2.55 bits per heavy atom. The molecule has 0 unspecified atom stereocenters. The molecule has 33 heavy (non-hydrogen) atoms. The predicted octanol–water partition coefficient (Wildman–Crippen LogP) is 4.19. The number of benzene rings is 3. The van der Waals surface area contributed by atoms with Gasteiger partial charge in [0, 0.05) is 23.0 Å². The van der Waals surface area contributed by atoms with Crippen molar-refractivity contribution in [2.24, 2.45) is 5.73 Å². The molecule has 0 spiro atoms. The van der Waals surface area contributed by atoms with Crippen molar-refractivity contribution in [1.82, 2.24) is 4.98 Å². The van der Waals surface area contributed by atoms with Crippen molar-refractivity contribution in [3.05, 3.63) is 84.2 Å². The second-order valence-corrected chi connectivity index (χ2v) is 8.01. The third-order valence-corrected chi connectivity index (χ3v) is 5.93. The van der Waals surface area contributed by atoms with Crippen molar-refractivity contribution in [1.29, 1.82) is 0 Å². The Hall–Kier alpha value is -4.13. The van der Waals surface area contributed by atoms with Crippen LogP contribution >= 0.6 is 0 Å². The van der Waals surface area contributed by atoms with Gasteiger partial charge >= 0.3 is 0 Å². The number of nitrogens with one attached hydrogen (secondary N) is 1. The van der Waals surface area contributed by atoms with Crippen molar-refractivity contribution >= 4 is 28.4 Å². The maximum atomic E-state index is 13.5. The average molecular weight is 443 g/mol. The van der Waals surface area contributed by atoms with Gasteiger partial charge in [-0.15, -0.1) is 0 Å². The molecule has 2 heterocycles. The van der Waals surface area contributed by atoms with Gasteiger partial charge in [0.05, 0.1) is 12.2 Å². The lowest BCUT2D eigenvalue weighted by atomic mass is 10.0. The largest absolute Gasteiger partial charge is 0.477 e. The highest BCUT2D eigenvalue weighted by Gasteiger charge is 2.32. The zero-order chi connectivity index (χ0) is 22.9. The summed E-state index contributed by atoms with van der Waals surface area (Å²) in [6.45, 7) is 0.0733. The minimum absolute atomic E-state index is 0.0733. The smallest absolute Gasteiger partial charge is 0.260 e.